The van der Waals surface area contributed by atoms with E-state index in [-0.39, 0.29) is 5.91 Å². The van der Waals surface area contributed by atoms with Gasteiger partial charge in [0.2, 0.25) is 0 Å². The van der Waals surface area contributed by atoms with Crippen molar-refractivity contribution in [3.8, 4) is 0 Å². The number of anilines is 2. The fourth-order valence-electron chi connectivity index (χ4n) is 3.74. The predicted molar refractivity (Wildman–Crippen MR) is 105 cm³/mol. The molecule has 2 heterocycles. The maximum absolute atomic E-state index is 13.1. The number of rotatable bonds is 2. The zero-order valence-electron chi connectivity index (χ0n) is 15.0. The van der Waals surface area contributed by atoms with Crippen LogP contribution in [0.2, 0.25) is 0 Å². The van der Waals surface area contributed by atoms with Crippen molar-refractivity contribution < 1.29 is 4.79 Å². The molecule has 3 N–H and O–H groups in total. The molecule has 0 spiro atoms. The van der Waals surface area contributed by atoms with Gasteiger partial charge in [-0.2, -0.15) is 0 Å². The maximum Gasteiger partial charge on any atom is 0.316 e. The smallest absolute Gasteiger partial charge is 0.316 e. The van der Waals surface area contributed by atoms with Crippen LogP contribution >= 0.6 is 0 Å². The highest BCUT2D eigenvalue weighted by Crippen LogP contribution is 2.32. The Morgan fingerprint density at radius 3 is 2.81 bits per heavy atom. The number of aromatic nitrogens is 2. The van der Waals surface area contributed by atoms with Crippen molar-refractivity contribution in [3.05, 3.63) is 68.2 Å². The van der Waals surface area contributed by atoms with Crippen LogP contribution in [0.5, 0.6) is 0 Å². The van der Waals surface area contributed by atoms with Gasteiger partial charge in [-0.05, 0) is 55.7 Å². The fraction of sp³-hybridized carbons (Fsp3) is 0.250. The molecule has 2 aromatic carbocycles. The van der Waals surface area contributed by atoms with Crippen LogP contribution in [0.15, 0.2) is 46.0 Å². The first-order chi connectivity index (χ1) is 13.0. The van der Waals surface area contributed by atoms with Gasteiger partial charge in [-0.3, -0.25) is 14.4 Å². The van der Waals surface area contributed by atoms with Crippen molar-refractivity contribution in [2.75, 3.05) is 17.2 Å². The van der Waals surface area contributed by atoms with Crippen LogP contribution in [0.3, 0.4) is 0 Å². The fourth-order valence-corrected chi connectivity index (χ4v) is 3.74. The van der Waals surface area contributed by atoms with Gasteiger partial charge in [0.25, 0.3) is 5.91 Å². The molecule has 1 aromatic heterocycles. The number of nitrogens with one attached hydrogen (secondary N) is 1. The molecule has 3 aromatic rings. The summed E-state index contributed by atoms with van der Waals surface area (Å²) in [5.41, 5.74) is 8.83. The molecule has 0 unspecified atom stereocenters. The van der Waals surface area contributed by atoms with Crippen LogP contribution in [0.1, 0.15) is 29.3 Å². The van der Waals surface area contributed by atoms with Crippen molar-refractivity contribution in [1.29, 1.82) is 0 Å². The summed E-state index contributed by atoms with van der Waals surface area (Å²) in [7, 11) is 0. The third-order valence-electron chi connectivity index (χ3n) is 5.07. The average Bonchev–Trinajstić information content (AvgIpc) is 2.68. The van der Waals surface area contributed by atoms with Crippen molar-refractivity contribution in [1.82, 2.24) is 9.55 Å². The number of hydrogen-bond acceptors (Lipinski definition) is 4. The molecule has 4 rings (SSSR count). The Hall–Kier alpha value is -3.35. The molecule has 0 bridgehead atoms. The third-order valence-corrected chi connectivity index (χ3v) is 5.07. The molecule has 7 heteroatoms. The molecule has 1 amide bonds. The van der Waals surface area contributed by atoms with E-state index in [4.69, 9.17) is 5.73 Å². The number of carbonyl (C=O) groups is 1. The summed E-state index contributed by atoms with van der Waals surface area (Å²) in [6, 6.07) is 10.6. The van der Waals surface area contributed by atoms with Crippen LogP contribution in [-0.4, -0.2) is 22.0 Å². The summed E-state index contributed by atoms with van der Waals surface area (Å²) >= 11 is 0. The predicted octanol–water partition coefficient (Wildman–Crippen LogP) is 1.88. The topological polar surface area (TPSA) is 101 Å². The number of fused-ring (bicyclic) bond motifs is 2. The molecule has 0 saturated carbocycles. The molecule has 0 aliphatic carbocycles. The number of carbonyl (C=O) groups excluding carboxylic acids is 1. The van der Waals surface area contributed by atoms with Crippen LogP contribution in [-0.2, 0) is 13.0 Å². The van der Waals surface area contributed by atoms with E-state index in [1.807, 2.05) is 18.2 Å². The second-order valence-electron chi connectivity index (χ2n) is 6.64. The van der Waals surface area contributed by atoms with E-state index >= 15 is 0 Å². The molecular weight excluding hydrogens is 344 g/mol. The number of H-pyrrole nitrogens is 1. The Balaban J connectivity index is 1.81. The van der Waals surface area contributed by atoms with E-state index in [9.17, 15) is 14.4 Å². The van der Waals surface area contributed by atoms with Crippen molar-refractivity contribution in [2.24, 2.45) is 0 Å². The third kappa shape index (κ3) is 2.71. The summed E-state index contributed by atoms with van der Waals surface area (Å²) in [5.74, 6) is -0.154. The standard InChI is InChI=1S/C20H20N4O3/c1-2-23-17-9-8-12(11-15(17)22-18(25)20(23)27)19(26)24-10-4-5-13-14(21)6-3-7-16(13)24/h3,6-9,11H,2,4-5,10,21H2,1H3,(H,22,25). The quantitative estimate of drug-likeness (QED) is 0.535. The van der Waals surface area contributed by atoms with Gasteiger partial charge >= 0.3 is 11.1 Å². The second kappa shape index (κ2) is 6.42. The van der Waals surface area contributed by atoms with Crippen LogP contribution in [0, 0.1) is 0 Å². The Morgan fingerprint density at radius 2 is 2.04 bits per heavy atom. The monoisotopic (exact) mass is 364 g/mol. The first kappa shape index (κ1) is 17.1. The number of aromatic amines is 1. The van der Waals surface area contributed by atoms with Crippen molar-refractivity contribution >= 4 is 28.3 Å². The van der Waals surface area contributed by atoms with E-state index in [1.54, 1.807) is 30.0 Å². The molecule has 0 saturated heterocycles. The summed E-state index contributed by atoms with van der Waals surface area (Å²) in [6.45, 7) is 2.79. The average molecular weight is 364 g/mol. The number of hydrogen-bond donors (Lipinski definition) is 2. The molecule has 7 nitrogen and oxygen atoms in total. The van der Waals surface area contributed by atoms with Gasteiger partial charge in [0.05, 0.1) is 11.0 Å². The van der Waals surface area contributed by atoms with Gasteiger partial charge in [0, 0.05) is 30.0 Å². The van der Waals surface area contributed by atoms with E-state index in [0.717, 1.165) is 24.1 Å². The van der Waals surface area contributed by atoms with Crippen molar-refractivity contribution in [3.63, 3.8) is 0 Å². The van der Waals surface area contributed by atoms with E-state index in [1.165, 1.54) is 4.57 Å². The maximum atomic E-state index is 13.1. The summed E-state index contributed by atoms with van der Waals surface area (Å²) in [5, 5.41) is 0. The first-order valence-corrected chi connectivity index (χ1v) is 8.97. The Morgan fingerprint density at radius 1 is 1.22 bits per heavy atom. The molecule has 0 atom stereocenters. The summed E-state index contributed by atoms with van der Waals surface area (Å²) in [4.78, 5) is 41.3. The number of nitrogens with two attached hydrogens (primary N) is 1. The largest absolute Gasteiger partial charge is 0.398 e. The first-order valence-electron chi connectivity index (χ1n) is 8.97. The summed E-state index contributed by atoms with van der Waals surface area (Å²) in [6.07, 6.45) is 1.69. The van der Waals surface area contributed by atoms with E-state index < -0.39 is 11.1 Å². The van der Waals surface area contributed by atoms with Crippen LogP contribution in [0.25, 0.3) is 11.0 Å². The Labute approximate surface area is 155 Å². The second-order valence-corrected chi connectivity index (χ2v) is 6.64. The molecular formula is C20H20N4O3. The lowest BCUT2D eigenvalue weighted by molar-refractivity contribution is 0.0985. The zero-order valence-corrected chi connectivity index (χ0v) is 15.0. The van der Waals surface area contributed by atoms with Crippen LogP contribution in [0.4, 0.5) is 11.4 Å². The molecule has 27 heavy (non-hydrogen) atoms. The van der Waals surface area contributed by atoms with Gasteiger partial charge in [-0.1, -0.05) is 6.07 Å². The van der Waals surface area contributed by atoms with E-state index in [0.29, 0.717) is 35.4 Å². The minimum atomic E-state index is -0.690. The number of nitrogens with zero attached hydrogens (tertiary/aromatic N) is 2. The Kier molecular flexibility index (Phi) is 4.07. The van der Waals surface area contributed by atoms with Gasteiger partial charge < -0.3 is 20.2 Å². The highest BCUT2D eigenvalue weighted by atomic mass is 16.2. The van der Waals surface area contributed by atoms with E-state index in [2.05, 4.69) is 4.98 Å². The highest BCUT2D eigenvalue weighted by Gasteiger charge is 2.25. The van der Waals surface area contributed by atoms with Gasteiger partial charge in [0.15, 0.2) is 0 Å². The molecule has 0 fully saturated rings. The van der Waals surface area contributed by atoms with Gasteiger partial charge in [-0.15, -0.1) is 0 Å². The summed E-state index contributed by atoms with van der Waals surface area (Å²) < 4.78 is 1.40. The molecule has 1 aliphatic rings. The molecule has 138 valence electrons. The number of nitrogen functional groups attached to an aromatic ring is 1. The lowest BCUT2D eigenvalue weighted by atomic mass is 9.99. The zero-order chi connectivity index (χ0) is 19.1. The highest BCUT2D eigenvalue weighted by molar-refractivity contribution is 6.08. The van der Waals surface area contributed by atoms with Crippen LogP contribution < -0.4 is 21.8 Å². The van der Waals surface area contributed by atoms with Crippen molar-refractivity contribution in [2.45, 2.75) is 26.3 Å². The Bertz CT molecular complexity index is 1180. The lowest BCUT2D eigenvalue weighted by Gasteiger charge is -2.30. The minimum absolute atomic E-state index is 0.154. The lowest BCUT2D eigenvalue weighted by Crippen LogP contribution is -2.37. The molecule has 0 radical (unpaired) electrons. The minimum Gasteiger partial charge on any atom is -0.398 e. The molecule has 1 aliphatic heterocycles. The van der Waals surface area contributed by atoms with Gasteiger partial charge in [0.1, 0.15) is 0 Å². The SMILES string of the molecule is CCn1c(=O)c(=O)[nH]c2cc(C(=O)N3CCCc4c(N)cccc43)ccc21. The number of benzene rings is 2. The number of amides is 1. The normalized spacial score (nSPS) is 13.6. The van der Waals surface area contributed by atoms with Gasteiger partial charge in [-0.25, -0.2) is 0 Å². The number of aryl methyl sites for hydroxylation is 1.